The van der Waals surface area contributed by atoms with Gasteiger partial charge in [-0.15, -0.1) is 5.53 Å². The van der Waals surface area contributed by atoms with E-state index in [1.807, 2.05) is 42.6 Å². The maximum absolute atomic E-state index is 13.8. The molecule has 1 aromatic heterocycles. The standard InChI is InChI=1S/C29H26Cl2FN7O/c1-29(2,40)16-39-15-25(37-38-39)27(17-6-4-3-5-7-17)36-20-10-21-26(35-19-8-9-24(32)22(30)11-19)18(13-33)14-34-28(21)23(31)12-20/h3-12,14-15,27,36-38,40H,16H2,1-2H3,(H,34,35)/t27-/m0/s1. The predicted octanol–water partition coefficient (Wildman–Crippen LogP) is 6.39. The number of benzene rings is 3. The van der Waals surface area contributed by atoms with Crippen molar-refractivity contribution >= 4 is 51.2 Å². The number of hydrogen-bond acceptors (Lipinski definition) is 8. The Morgan fingerprint density at radius 3 is 2.55 bits per heavy atom. The van der Waals surface area contributed by atoms with Crippen LogP contribution in [0.3, 0.4) is 0 Å². The van der Waals surface area contributed by atoms with Crippen LogP contribution in [0, 0.1) is 17.1 Å². The number of pyridine rings is 1. The first-order valence-electron chi connectivity index (χ1n) is 12.4. The fourth-order valence-corrected chi connectivity index (χ4v) is 4.90. The number of halogens is 3. The minimum atomic E-state index is -0.911. The van der Waals surface area contributed by atoms with Gasteiger partial charge >= 0.3 is 0 Å². The summed E-state index contributed by atoms with van der Waals surface area (Å²) >= 11 is 12.7. The van der Waals surface area contributed by atoms with Crippen molar-refractivity contribution in [2.24, 2.45) is 0 Å². The molecule has 0 spiro atoms. The first kappa shape index (κ1) is 27.5. The van der Waals surface area contributed by atoms with Gasteiger partial charge in [-0.25, -0.2) is 4.39 Å². The van der Waals surface area contributed by atoms with Gasteiger partial charge in [-0.05, 0) is 49.7 Å². The molecule has 8 nitrogen and oxygen atoms in total. The maximum Gasteiger partial charge on any atom is 0.141 e. The number of anilines is 3. The predicted molar refractivity (Wildman–Crippen MR) is 156 cm³/mol. The second kappa shape index (κ2) is 11.2. The summed E-state index contributed by atoms with van der Waals surface area (Å²) in [6.45, 7) is 3.83. The van der Waals surface area contributed by atoms with Gasteiger partial charge in [0.05, 0.1) is 50.7 Å². The number of nitriles is 1. The molecule has 0 bridgehead atoms. The largest absolute Gasteiger partial charge is 0.389 e. The number of aliphatic hydroxyl groups is 1. The lowest BCUT2D eigenvalue weighted by atomic mass is 10.0. The van der Waals surface area contributed by atoms with Crippen LogP contribution in [-0.2, 0) is 0 Å². The van der Waals surface area contributed by atoms with Gasteiger partial charge in [-0.2, -0.15) is 5.26 Å². The highest BCUT2D eigenvalue weighted by atomic mass is 35.5. The molecular formula is C29H26Cl2FN7O. The lowest BCUT2D eigenvalue weighted by molar-refractivity contribution is 0.0369. The fraction of sp³-hybridized carbons (Fsp3) is 0.172. The Hall–Kier alpha value is -4.07. The van der Waals surface area contributed by atoms with Gasteiger partial charge in [0, 0.05) is 29.2 Å². The lowest BCUT2D eigenvalue weighted by Crippen LogP contribution is -2.44. The van der Waals surface area contributed by atoms with Crippen LogP contribution in [0.1, 0.15) is 31.0 Å². The summed E-state index contributed by atoms with van der Waals surface area (Å²) in [6.07, 6.45) is 3.34. The van der Waals surface area contributed by atoms with Gasteiger partial charge in [-0.3, -0.25) is 9.99 Å². The minimum Gasteiger partial charge on any atom is -0.389 e. The monoisotopic (exact) mass is 577 g/mol. The van der Waals surface area contributed by atoms with E-state index in [2.05, 4.69) is 32.6 Å². The van der Waals surface area contributed by atoms with Gasteiger partial charge in [0.1, 0.15) is 11.9 Å². The molecule has 40 heavy (non-hydrogen) atoms. The van der Waals surface area contributed by atoms with E-state index in [-0.39, 0.29) is 16.6 Å². The summed E-state index contributed by atoms with van der Waals surface area (Å²) in [5, 5.41) is 29.5. The summed E-state index contributed by atoms with van der Waals surface area (Å²) in [4.78, 5) is 4.41. The van der Waals surface area contributed by atoms with E-state index in [1.165, 1.54) is 24.4 Å². The quantitative estimate of drug-likeness (QED) is 0.164. The fourth-order valence-electron chi connectivity index (χ4n) is 4.45. The number of hydrazine groups is 2. The Kier molecular flexibility index (Phi) is 7.70. The molecule has 2 heterocycles. The second-order valence-electron chi connectivity index (χ2n) is 10.0. The average molecular weight is 578 g/mol. The van der Waals surface area contributed by atoms with Crippen LogP contribution < -0.4 is 21.6 Å². The molecule has 1 atom stereocenters. The highest BCUT2D eigenvalue weighted by Crippen LogP contribution is 2.37. The van der Waals surface area contributed by atoms with E-state index in [4.69, 9.17) is 23.2 Å². The third-order valence-electron chi connectivity index (χ3n) is 6.19. The zero-order valence-corrected chi connectivity index (χ0v) is 23.1. The lowest BCUT2D eigenvalue weighted by Gasteiger charge is -2.24. The zero-order chi connectivity index (χ0) is 28.4. The number of rotatable bonds is 8. The van der Waals surface area contributed by atoms with Crippen LogP contribution in [0.25, 0.3) is 10.9 Å². The van der Waals surface area contributed by atoms with Crippen molar-refractivity contribution in [3.8, 4) is 6.07 Å². The van der Waals surface area contributed by atoms with E-state index >= 15 is 0 Å². The molecule has 0 amide bonds. The Labute approximate surface area is 241 Å². The molecule has 5 rings (SSSR count). The molecular weight excluding hydrogens is 552 g/mol. The third kappa shape index (κ3) is 6.06. The van der Waals surface area contributed by atoms with E-state index in [0.717, 1.165) is 11.3 Å². The second-order valence-corrected chi connectivity index (χ2v) is 10.8. The Morgan fingerprint density at radius 2 is 1.85 bits per heavy atom. The minimum absolute atomic E-state index is 0.0439. The molecule has 11 heteroatoms. The maximum atomic E-state index is 13.8. The molecule has 1 aliphatic heterocycles. The van der Waals surface area contributed by atoms with Gasteiger partial charge in [0.2, 0.25) is 0 Å². The highest BCUT2D eigenvalue weighted by molar-refractivity contribution is 6.36. The molecule has 0 fully saturated rings. The van der Waals surface area contributed by atoms with E-state index in [0.29, 0.717) is 39.5 Å². The van der Waals surface area contributed by atoms with Crippen molar-refractivity contribution in [1.29, 1.82) is 5.26 Å². The number of aromatic nitrogens is 1. The van der Waals surface area contributed by atoms with Crippen molar-refractivity contribution in [1.82, 2.24) is 21.0 Å². The molecule has 5 N–H and O–H groups in total. The van der Waals surface area contributed by atoms with Crippen molar-refractivity contribution in [3.63, 3.8) is 0 Å². The molecule has 0 aliphatic carbocycles. The summed E-state index contributed by atoms with van der Waals surface area (Å²) in [7, 11) is 0. The van der Waals surface area contributed by atoms with Crippen molar-refractivity contribution < 1.29 is 9.50 Å². The van der Waals surface area contributed by atoms with E-state index in [1.54, 1.807) is 24.9 Å². The zero-order valence-electron chi connectivity index (χ0n) is 21.6. The highest BCUT2D eigenvalue weighted by Gasteiger charge is 2.26. The number of nitrogens with one attached hydrogen (secondary N) is 4. The topological polar surface area (TPSA) is 108 Å². The van der Waals surface area contributed by atoms with Gasteiger partial charge in [-0.1, -0.05) is 53.5 Å². The molecule has 0 saturated carbocycles. The van der Waals surface area contributed by atoms with Gasteiger partial charge < -0.3 is 21.2 Å². The molecule has 4 aromatic rings. The van der Waals surface area contributed by atoms with E-state index < -0.39 is 11.4 Å². The number of hydrogen-bond donors (Lipinski definition) is 5. The van der Waals surface area contributed by atoms with Crippen LogP contribution >= 0.6 is 23.2 Å². The van der Waals surface area contributed by atoms with Gasteiger partial charge in [0.15, 0.2) is 0 Å². The third-order valence-corrected chi connectivity index (χ3v) is 6.76. The van der Waals surface area contributed by atoms with Crippen LogP contribution in [0.2, 0.25) is 10.0 Å². The van der Waals surface area contributed by atoms with E-state index in [9.17, 15) is 14.8 Å². The van der Waals surface area contributed by atoms with Gasteiger partial charge in [0.25, 0.3) is 0 Å². The smallest absolute Gasteiger partial charge is 0.141 e. The number of β-amino-alcohol motifs (C(OH)–C–C–N with tert-alkyl or cyclic N) is 1. The summed E-state index contributed by atoms with van der Waals surface area (Å²) in [6, 6.07) is 19.6. The summed E-state index contributed by atoms with van der Waals surface area (Å²) in [5.41, 5.74) is 9.57. The molecule has 204 valence electrons. The molecule has 1 aliphatic rings. The van der Waals surface area contributed by atoms with Crippen LogP contribution in [0.4, 0.5) is 21.5 Å². The Morgan fingerprint density at radius 1 is 1.10 bits per heavy atom. The molecule has 3 aromatic carbocycles. The summed E-state index contributed by atoms with van der Waals surface area (Å²) < 4.78 is 13.8. The molecule has 0 saturated heterocycles. The number of nitrogens with zero attached hydrogens (tertiary/aromatic N) is 3. The number of fused-ring (bicyclic) bond motifs is 1. The van der Waals surface area contributed by atoms with Crippen LogP contribution in [-0.4, -0.2) is 27.2 Å². The first-order valence-corrected chi connectivity index (χ1v) is 13.2. The normalized spacial score (nSPS) is 13.9. The molecule has 0 radical (unpaired) electrons. The Bertz CT molecular complexity index is 1630. The van der Waals surface area contributed by atoms with Crippen molar-refractivity contribution in [3.05, 3.63) is 106 Å². The van der Waals surface area contributed by atoms with Crippen LogP contribution in [0.5, 0.6) is 0 Å². The average Bonchev–Trinajstić information content (AvgIpc) is 3.36. The summed E-state index contributed by atoms with van der Waals surface area (Å²) in [5.74, 6) is -0.542. The Balaban J connectivity index is 1.56. The van der Waals surface area contributed by atoms with Crippen molar-refractivity contribution in [2.45, 2.75) is 25.5 Å². The SMILES string of the molecule is CC(C)(O)CN1C=C([C@@H](Nc2cc(Cl)c3ncc(C#N)c(Nc4ccc(F)c(Cl)c4)c3c2)c2ccccc2)NN1. The molecule has 0 unspecified atom stereocenters. The van der Waals surface area contributed by atoms with Crippen LogP contribution in [0.15, 0.2) is 78.8 Å². The first-order chi connectivity index (χ1) is 19.1. The van der Waals surface area contributed by atoms with Crippen molar-refractivity contribution in [2.75, 3.05) is 17.2 Å².